The highest BCUT2D eigenvalue weighted by atomic mass is 16.5. The minimum absolute atomic E-state index is 0.0911. The van der Waals surface area contributed by atoms with Gasteiger partial charge in [0, 0.05) is 10.9 Å². The Morgan fingerprint density at radius 3 is 2.61 bits per heavy atom. The molecule has 0 atom stereocenters. The van der Waals surface area contributed by atoms with Crippen molar-refractivity contribution in [1.29, 1.82) is 0 Å². The van der Waals surface area contributed by atoms with Gasteiger partial charge in [0.05, 0.1) is 24.3 Å². The molecule has 0 saturated carbocycles. The maximum Gasteiger partial charge on any atom is 0.355 e. The summed E-state index contributed by atoms with van der Waals surface area (Å²) in [5.74, 6) is -1.05. The van der Waals surface area contributed by atoms with Crippen LogP contribution in [0.15, 0.2) is 18.2 Å². The minimum atomic E-state index is -0.599. The molecule has 0 aliphatic heterocycles. The summed E-state index contributed by atoms with van der Waals surface area (Å²) in [4.78, 5) is 38.1. The van der Waals surface area contributed by atoms with E-state index in [-0.39, 0.29) is 17.9 Å². The Bertz CT molecular complexity index is 732. The van der Waals surface area contributed by atoms with E-state index < -0.39 is 11.9 Å². The molecule has 0 radical (unpaired) electrons. The third-order valence-corrected chi connectivity index (χ3v) is 3.40. The number of carbonyl (C=O) groups excluding carboxylic acids is 3. The van der Waals surface area contributed by atoms with E-state index >= 15 is 0 Å². The zero-order chi connectivity index (χ0) is 16.8. The van der Waals surface area contributed by atoms with Gasteiger partial charge in [-0.05, 0) is 31.5 Å². The number of esters is 2. The second-order valence-electron chi connectivity index (χ2n) is 5.00. The molecule has 0 bridgehead atoms. The molecule has 1 aromatic heterocycles. The third kappa shape index (κ3) is 3.59. The van der Waals surface area contributed by atoms with Gasteiger partial charge in [-0.1, -0.05) is 13.3 Å². The predicted molar refractivity (Wildman–Crippen MR) is 84.8 cm³/mol. The molecule has 6 heteroatoms. The Morgan fingerprint density at radius 1 is 1.17 bits per heavy atom. The molecule has 6 nitrogen and oxygen atoms in total. The van der Waals surface area contributed by atoms with E-state index in [2.05, 4.69) is 4.98 Å². The van der Waals surface area contributed by atoms with Crippen LogP contribution in [0.25, 0.3) is 10.9 Å². The molecule has 0 spiro atoms. The van der Waals surface area contributed by atoms with Crippen molar-refractivity contribution < 1.29 is 23.9 Å². The number of hydrogen-bond acceptors (Lipinski definition) is 5. The highest BCUT2D eigenvalue weighted by Crippen LogP contribution is 2.23. The predicted octanol–water partition coefficient (Wildman–Crippen LogP) is 3.11. The Kier molecular flexibility index (Phi) is 5.51. The number of unbranched alkanes of at least 4 members (excludes halogenated alkanes) is 1. The van der Waals surface area contributed by atoms with E-state index in [9.17, 15) is 14.4 Å². The van der Waals surface area contributed by atoms with Crippen LogP contribution < -0.4 is 0 Å². The van der Waals surface area contributed by atoms with Crippen LogP contribution in [0, 0.1) is 0 Å². The normalized spacial score (nSPS) is 10.5. The maximum absolute atomic E-state index is 12.0. The molecular weight excluding hydrogens is 298 g/mol. The molecule has 0 unspecified atom stereocenters. The Balaban J connectivity index is 2.36. The van der Waals surface area contributed by atoms with Crippen LogP contribution in [0.3, 0.4) is 0 Å². The number of hydrogen-bond donors (Lipinski definition) is 1. The van der Waals surface area contributed by atoms with Crippen LogP contribution in [-0.4, -0.2) is 36.4 Å². The Hall–Kier alpha value is -2.63. The average molecular weight is 317 g/mol. The lowest BCUT2D eigenvalue weighted by atomic mass is 10.1. The summed E-state index contributed by atoms with van der Waals surface area (Å²) in [6, 6.07) is 4.78. The monoisotopic (exact) mass is 317 g/mol. The molecule has 23 heavy (non-hydrogen) atoms. The molecular formula is C17H19NO5. The largest absolute Gasteiger partial charge is 0.462 e. The number of rotatable bonds is 7. The van der Waals surface area contributed by atoms with Gasteiger partial charge in [0.15, 0.2) is 6.29 Å². The molecule has 1 heterocycles. The summed E-state index contributed by atoms with van der Waals surface area (Å²) in [6.45, 7) is 4.26. The van der Waals surface area contributed by atoms with Crippen LogP contribution in [0.1, 0.15) is 57.9 Å². The van der Waals surface area contributed by atoms with Crippen LogP contribution >= 0.6 is 0 Å². The zero-order valence-corrected chi connectivity index (χ0v) is 13.2. The molecule has 0 saturated heterocycles. The summed E-state index contributed by atoms with van der Waals surface area (Å²) in [7, 11) is 0. The van der Waals surface area contributed by atoms with Gasteiger partial charge < -0.3 is 14.5 Å². The lowest BCUT2D eigenvalue weighted by Gasteiger charge is -2.04. The SMILES string of the molecule is CCCCOC(=O)c1ccc2[nH]c(C(=O)OCC)c(C=O)c2c1. The topological polar surface area (TPSA) is 85.5 Å². The smallest absolute Gasteiger partial charge is 0.355 e. The van der Waals surface area contributed by atoms with E-state index in [1.807, 2.05) is 6.92 Å². The van der Waals surface area contributed by atoms with Gasteiger partial charge >= 0.3 is 11.9 Å². The number of carbonyl (C=O) groups is 3. The molecule has 122 valence electrons. The van der Waals surface area contributed by atoms with Crippen molar-refractivity contribution in [1.82, 2.24) is 4.98 Å². The standard InChI is InChI=1S/C17H19NO5/c1-3-5-8-23-16(20)11-6-7-14-12(9-11)13(10-19)15(18-14)17(21)22-4-2/h6-7,9-10,18H,3-5,8H2,1-2H3. The number of nitrogens with one attached hydrogen (secondary N) is 1. The summed E-state index contributed by atoms with van der Waals surface area (Å²) in [5, 5.41) is 0.494. The Morgan fingerprint density at radius 2 is 1.96 bits per heavy atom. The van der Waals surface area contributed by atoms with Crippen molar-refractivity contribution in [2.75, 3.05) is 13.2 Å². The first-order valence-corrected chi connectivity index (χ1v) is 7.57. The van der Waals surface area contributed by atoms with Crippen molar-refractivity contribution in [2.24, 2.45) is 0 Å². The molecule has 1 aromatic carbocycles. The first-order valence-electron chi connectivity index (χ1n) is 7.57. The molecule has 2 rings (SSSR count). The quantitative estimate of drug-likeness (QED) is 0.482. The van der Waals surface area contributed by atoms with E-state index in [1.54, 1.807) is 25.1 Å². The fraction of sp³-hybridized carbons (Fsp3) is 0.353. The second-order valence-corrected chi connectivity index (χ2v) is 5.00. The van der Waals surface area contributed by atoms with Crippen molar-refractivity contribution in [2.45, 2.75) is 26.7 Å². The van der Waals surface area contributed by atoms with Gasteiger partial charge in [-0.2, -0.15) is 0 Å². The van der Waals surface area contributed by atoms with Crippen LogP contribution in [0.5, 0.6) is 0 Å². The molecule has 0 fully saturated rings. The number of ether oxygens (including phenoxy) is 2. The first kappa shape index (κ1) is 16.7. The van der Waals surface area contributed by atoms with Crippen molar-refractivity contribution in [3.05, 3.63) is 35.0 Å². The fourth-order valence-electron chi connectivity index (χ4n) is 2.22. The maximum atomic E-state index is 12.0. The number of benzene rings is 1. The summed E-state index contributed by atoms with van der Waals surface area (Å²) >= 11 is 0. The summed E-state index contributed by atoms with van der Waals surface area (Å²) < 4.78 is 10.1. The molecule has 0 aliphatic rings. The number of fused-ring (bicyclic) bond motifs is 1. The Labute approximate surface area is 133 Å². The lowest BCUT2D eigenvalue weighted by molar-refractivity contribution is 0.0496. The highest BCUT2D eigenvalue weighted by molar-refractivity contribution is 6.09. The fourth-order valence-corrected chi connectivity index (χ4v) is 2.22. The van der Waals surface area contributed by atoms with Crippen molar-refractivity contribution >= 4 is 29.1 Å². The van der Waals surface area contributed by atoms with Crippen molar-refractivity contribution in [3.63, 3.8) is 0 Å². The van der Waals surface area contributed by atoms with Crippen LogP contribution in [-0.2, 0) is 9.47 Å². The van der Waals surface area contributed by atoms with Gasteiger partial charge in [0.2, 0.25) is 0 Å². The number of H-pyrrole nitrogens is 1. The van der Waals surface area contributed by atoms with E-state index in [4.69, 9.17) is 9.47 Å². The van der Waals surface area contributed by atoms with Gasteiger partial charge in [0.1, 0.15) is 5.69 Å². The number of aldehydes is 1. The third-order valence-electron chi connectivity index (χ3n) is 3.40. The van der Waals surface area contributed by atoms with Gasteiger partial charge in [-0.3, -0.25) is 4.79 Å². The number of aromatic nitrogens is 1. The molecule has 0 amide bonds. The van der Waals surface area contributed by atoms with E-state index in [0.29, 0.717) is 29.4 Å². The number of aromatic amines is 1. The molecule has 1 N–H and O–H groups in total. The molecule has 2 aromatic rings. The van der Waals surface area contributed by atoms with Crippen LogP contribution in [0.4, 0.5) is 0 Å². The van der Waals surface area contributed by atoms with Gasteiger partial charge in [-0.15, -0.1) is 0 Å². The van der Waals surface area contributed by atoms with Crippen LogP contribution in [0.2, 0.25) is 0 Å². The summed E-state index contributed by atoms with van der Waals surface area (Å²) in [5.41, 5.74) is 1.20. The van der Waals surface area contributed by atoms with E-state index in [0.717, 1.165) is 12.8 Å². The van der Waals surface area contributed by atoms with Gasteiger partial charge in [0.25, 0.3) is 0 Å². The minimum Gasteiger partial charge on any atom is -0.462 e. The average Bonchev–Trinajstić information content (AvgIpc) is 2.92. The first-order chi connectivity index (χ1) is 11.1. The highest BCUT2D eigenvalue weighted by Gasteiger charge is 2.19. The van der Waals surface area contributed by atoms with E-state index in [1.165, 1.54) is 0 Å². The van der Waals surface area contributed by atoms with Gasteiger partial charge in [-0.25, -0.2) is 9.59 Å². The molecule has 0 aliphatic carbocycles. The summed E-state index contributed by atoms with van der Waals surface area (Å²) in [6.07, 6.45) is 2.31. The van der Waals surface area contributed by atoms with Crippen molar-refractivity contribution in [3.8, 4) is 0 Å². The second kappa shape index (κ2) is 7.58. The zero-order valence-electron chi connectivity index (χ0n) is 13.2. The lowest BCUT2D eigenvalue weighted by Crippen LogP contribution is -2.07.